The fourth-order valence-corrected chi connectivity index (χ4v) is 1.06. The molecule has 0 bridgehead atoms. The van der Waals surface area contributed by atoms with Crippen molar-refractivity contribution in [1.82, 2.24) is 5.32 Å². The topological polar surface area (TPSA) is 12.0 Å². The van der Waals surface area contributed by atoms with Crippen molar-refractivity contribution in [2.24, 2.45) is 5.92 Å². The zero-order chi connectivity index (χ0) is 5.11. The molecule has 0 saturated carbocycles. The van der Waals surface area contributed by atoms with Gasteiger partial charge in [-0.05, 0) is 25.4 Å². The molecule has 0 aliphatic carbocycles. The first-order valence-corrected chi connectivity index (χ1v) is 3.14. The molecule has 1 aliphatic heterocycles. The third kappa shape index (κ3) is 1.20. The molecule has 1 nitrogen and oxygen atoms in total. The quantitative estimate of drug-likeness (QED) is 0.441. The van der Waals surface area contributed by atoms with Crippen molar-refractivity contribution in [3.8, 4) is 0 Å². The molecule has 40 valence electrons. The molecule has 0 aromatic heterocycles. The molecule has 1 heterocycles. The molecule has 1 rings (SSSR count). The molecule has 1 saturated heterocycles. The predicted octanol–water partition coefficient (Wildman–Crippen LogP) is -0.353. The summed E-state index contributed by atoms with van der Waals surface area (Å²) in [6, 6.07) is 0. The van der Waals surface area contributed by atoms with E-state index in [1.54, 1.807) is 0 Å². The van der Waals surface area contributed by atoms with E-state index in [1.165, 1.54) is 25.8 Å². The summed E-state index contributed by atoms with van der Waals surface area (Å²) in [4.78, 5) is 0. The first kappa shape index (κ1) is 5.17. The number of nitrogens with one attached hydrogen (secondary N) is 1. The second kappa shape index (κ2) is 2.36. The van der Waals surface area contributed by atoms with Gasteiger partial charge in [-0.15, -0.1) is 0 Å². The van der Waals surface area contributed by atoms with E-state index in [-0.39, 0.29) is 0 Å². The van der Waals surface area contributed by atoms with Crippen molar-refractivity contribution >= 4 is 7.85 Å². The van der Waals surface area contributed by atoms with Crippen LogP contribution in [0.5, 0.6) is 0 Å². The largest absolute Gasteiger partial charge is 0.316 e. The van der Waals surface area contributed by atoms with Gasteiger partial charge in [-0.3, -0.25) is 0 Å². The van der Waals surface area contributed by atoms with E-state index in [9.17, 15) is 0 Å². The van der Waals surface area contributed by atoms with Crippen LogP contribution in [-0.2, 0) is 0 Å². The Morgan fingerprint density at radius 1 is 1.71 bits per heavy atom. The zero-order valence-electron chi connectivity index (χ0n) is 4.91. The molecule has 1 unspecified atom stereocenters. The highest BCUT2D eigenvalue weighted by molar-refractivity contribution is 6.08. The SMILES string of the molecule is BCC1CCNC1. The molecule has 0 spiro atoms. The Labute approximate surface area is 45.9 Å². The standard InChI is InChI=1S/C5H12BN/c6-3-5-1-2-7-4-5/h5,7H,1-4,6H2. The van der Waals surface area contributed by atoms with Gasteiger partial charge in [0.1, 0.15) is 7.85 Å². The number of hydrogen-bond acceptors (Lipinski definition) is 1. The summed E-state index contributed by atoms with van der Waals surface area (Å²) < 4.78 is 0. The Kier molecular flexibility index (Phi) is 1.74. The van der Waals surface area contributed by atoms with Crippen molar-refractivity contribution in [2.75, 3.05) is 13.1 Å². The van der Waals surface area contributed by atoms with Crippen LogP contribution in [0.3, 0.4) is 0 Å². The molecule has 0 amide bonds. The summed E-state index contributed by atoms with van der Waals surface area (Å²) in [7, 11) is 2.26. The number of rotatable bonds is 1. The number of hydrogen-bond donors (Lipinski definition) is 1. The van der Waals surface area contributed by atoms with E-state index < -0.39 is 0 Å². The second-order valence-corrected chi connectivity index (χ2v) is 2.27. The average molecular weight is 97.0 g/mol. The van der Waals surface area contributed by atoms with Gasteiger partial charge in [-0.25, -0.2) is 0 Å². The lowest BCUT2D eigenvalue weighted by Crippen LogP contribution is -2.08. The van der Waals surface area contributed by atoms with Gasteiger partial charge in [0.05, 0.1) is 0 Å². The highest BCUT2D eigenvalue weighted by Gasteiger charge is 2.10. The Balaban J connectivity index is 2.14. The van der Waals surface area contributed by atoms with Crippen LogP contribution < -0.4 is 5.32 Å². The molecular weight excluding hydrogens is 84.9 g/mol. The normalized spacial score (nSPS) is 31.1. The molecule has 1 aliphatic rings. The molecule has 7 heavy (non-hydrogen) atoms. The van der Waals surface area contributed by atoms with Crippen molar-refractivity contribution in [3.05, 3.63) is 0 Å². The maximum atomic E-state index is 3.32. The summed E-state index contributed by atoms with van der Waals surface area (Å²) in [5, 5.41) is 3.32. The van der Waals surface area contributed by atoms with Crippen LogP contribution in [0.4, 0.5) is 0 Å². The van der Waals surface area contributed by atoms with Gasteiger partial charge < -0.3 is 5.32 Å². The van der Waals surface area contributed by atoms with Gasteiger partial charge in [-0.2, -0.15) is 0 Å². The fourth-order valence-electron chi connectivity index (χ4n) is 1.06. The summed E-state index contributed by atoms with van der Waals surface area (Å²) >= 11 is 0. The van der Waals surface area contributed by atoms with Gasteiger partial charge in [0, 0.05) is 0 Å². The Morgan fingerprint density at radius 2 is 2.57 bits per heavy atom. The molecule has 0 radical (unpaired) electrons. The van der Waals surface area contributed by atoms with Crippen LogP contribution in [0.1, 0.15) is 6.42 Å². The van der Waals surface area contributed by atoms with Gasteiger partial charge in [-0.1, -0.05) is 6.32 Å². The lowest BCUT2D eigenvalue weighted by molar-refractivity contribution is 0.650. The van der Waals surface area contributed by atoms with Gasteiger partial charge >= 0.3 is 0 Å². The van der Waals surface area contributed by atoms with E-state index in [1.807, 2.05) is 0 Å². The summed E-state index contributed by atoms with van der Waals surface area (Å²) in [5.74, 6) is 0.986. The lowest BCUT2D eigenvalue weighted by Gasteiger charge is -1.98. The van der Waals surface area contributed by atoms with Crippen LogP contribution in [0, 0.1) is 5.92 Å². The molecule has 1 N–H and O–H groups in total. The Bertz CT molecular complexity index is 50.0. The lowest BCUT2D eigenvalue weighted by atomic mass is 9.91. The monoisotopic (exact) mass is 97.1 g/mol. The molecule has 2 heteroatoms. The highest BCUT2D eigenvalue weighted by Crippen LogP contribution is 2.09. The van der Waals surface area contributed by atoms with Crippen LogP contribution in [0.25, 0.3) is 0 Å². The Hall–Kier alpha value is 0.0249. The predicted molar refractivity (Wildman–Crippen MR) is 34.3 cm³/mol. The Morgan fingerprint density at radius 3 is 2.86 bits per heavy atom. The maximum absolute atomic E-state index is 3.32. The molecule has 0 aromatic carbocycles. The smallest absolute Gasteiger partial charge is 0.101 e. The fraction of sp³-hybridized carbons (Fsp3) is 1.00. The van der Waals surface area contributed by atoms with E-state index in [0.717, 1.165) is 5.92 Å². The van der Waals surface area contributed by atoms with Crippen LogP contribution in [0.2, 0.25) is 6.32 Å². The third-order valence-corrected chi connectivity index (χ3v) is 1.74. The van der Waals surface area contributed by atoms with E-state index >= 15 is 0 Å². The van der Waals surface area contributed by atoms with Gasteiger partial charge in [0.25, 0.3) is 0 Å². The molecule has 1 fully saturated rings. The minimum absolute atomic E-state index is 0.986. The minimum Gasteiger partial charge on any atom is -0.316 e. The third-order valence-electron chi connectivity index (χ3n) is 1.74. The molecule has 0 aromatic rings. The minimum atomic E-state index is 0.986. The van der Waals surface area contributed by atoms with Crippen LogP contribution in [-0.4, -0.2) is 20.9 Å². The van der Waals surface area contributed by atoms with Crippen molar-refractivity contribution in [3.63, 3.8) is 0 Å². The van der Waals surface area contributed by atoms with Crippen LogP contribution in [0.15, 0.2) is 0 Å². The van der Waals surface area contributed by atoms with Crippen LogP contribution >= 0.6 is 0 Å². The molecule has 1 atom stereocenters. The van der Waals surface area contributed by atoms with E-state index in [4.69, 9.17) is 0 Å². The second-order valence-electron chi connectivity index (χ2n) is 2.27. The average Bonchev–Trinajstić information content (AvgIpc) is 2.14. The maximum Gasteiger partial charge on any atom is 0.101 e. The first-order chi connectivity index (χ1) is 3.43. The highest BCUT2D eigenvalue weighted by atomic mass is 14.9. The summed E-state index contributed by atoms with van der Waals surface area (Å²) in [5.41, 5.74) is 0. The summed E-state index contributed by atoms with van der Waals surface area (Å²) in [6.45, 7) is 2.51. The van der Waals surface area contributed by atoms with Crippen molar-refractivity contribution < 1.29 is 0 Å². The van der Waals surface area contributed by atoms with Crippen molar-refractivity contribution in [1.29, 1.82) is 0 Å². The summed E-state index contributed by atoms with van der Waals surface area (Å²) in [6.07, 6.45) is 2.75. The van der Waals surface area contributed by atoms with Gasteiger partial charge in [0.2, 0.25) is 0 Å². The van der Waals surface area contributed by atoms with Crippen molar-refractivity contribution in [2.45, 2.75) is 12.7 Å². The zero-order valence-corrected chi connectivity index (χ0v) is 4.91. The van der Waals surface area contributed by atoms with E-state index in [0.29, 0.717) is 0 Å². The first-order valence-electron chi connectivity index (χ1n) is 3.14. The van der Waals surface area contributed by atoms with Gasteiger partial charge in [0.15, 0.2) is 0 Å². The molecular formula is C5H12BN. The van der Waals surface area contributed by atoms with E-state index in [2.05, 4.69) is 13.2 Å².